The molecule has 2 aromatic heterocycles. The molecule has 0 spiro atoms. The number of aromatic nitrogens is 2. The molecule has 0 unspecified atom stereocenters. The van der Waals surface area contributed by atoms with Gasteiger partial charge in [-0.25, -0.2) is 4.98 Å². The molecule has 4 heterocycles. The van der Waals surface area contributed by atoms with Crippen molar-refractivity contribution in [1.82, 2.24) is 14.5 Å². The quantitative estimate of drug-likeness (QED) is 0.634. The van der Waals surface area contributed by atoms with Crippen LogP contribution in [0.15, 0.2) is 29.1 Å². The van der Waals surface area contributed by atoms with E-state index < -0.39 is 0 Å². The largest absolute Gasteiger partial charge is 0.333 e. The number of benzene rings is 1. The Balaban J connectivity index is 1.55. The fraction of sp³-hybridized carbons (Fsp3) is 0.409. The Morgan fingerprint density at radius 2 is 1.89 bits per heavy atom. The highest BCUT2D eigenvalue weighted by molar-refractivity contribution is 7.20. The average molecular weight is 394 g/mol. The second-order valence-corrected chi connectivity index (χ2v) is 8.78. The minimum Gasteiger partial charge on any atom is -0.333 e. The van der Waals surface area contributed by atoms with Gasteiger partial charge in [-0.15, -0.1) is 11.3 Å². The number of hydrogen-bond donors (Lipinski definition) is 0. The normalized spacial score (nSPS) is 16.5. The molecule has 2 aliphatic rings. The van der Waals surface area contributed by atoms with Gasteiger partial charge in [0, 0.05) is 26.1 Å². The topological polar surface area (TPSA) is 55.2 Å². The summed E-state index contributed by atoms with van der Waals surface area (Å²) >= 11 is 1.39. The van der Waals surface area contributed by atoms with E-state index in [1.165, 1.54) is 22.5 Å². The van der Waals surface area contributed by atoms with Crippen molar-refractivity contribution in [3.05, 3.63) is 62.0 Å². The molecular weight excluding hydrogens is 370 g/mol. The maximum absolute atomic E-state index is 13.3. The molecule has 0 fully saturated rings. The van der Waals surface area contributed by atoms with Crippen molar-refractivity contribution in [2.45, 2.75) is 52.1 Å². The Hall–Kier alpha value is -2.47. The highest BCUT2D eigenvalue weighted by atomic mass is 32.1. The summed E-state index contributed by atoms with van der Waals surface area (Å²) in [6.45, 7) is 3.98. The fourth-order valence-electron chi connectivity index (χ4n) is 4.43. The maximum Gasteiger partial charge on any atom is 0.264 e. The van der Waals surface area contributed by atoms with E-state index >= 15 is 0 Å². The average Bonchev–Trinajstić information content (AvgIpc) is 2.89. The number of hydrogen-bond acceptors (Lipinski definition) is 4. The lowest BCUT2D eigenvalue weighted by molar-refractivity contribution is 0.0739. The molecule has 5 nitrogen and oxygen atoms in total. The molecule has 5 rings (SSSR count). The Bertz CT molecular complexity index is 1140. The third-order valence-corrected chi connectivity index (χ3v) is 7.20. The van der Waals surface area contributed by atoms with Gasteiger partial charge in [-0.2, -0.15) is 0 Å². The summed E-state index contributed by atoms with van der Waals surface area (Å²) in [5, 5.41) is 0.636. The Morgan fingerprint density at radius 3 is 2.75 bits per heavy atom. The molecule has 0 saturated heterocycles. The molecule has 2 aliphatic heterocycles. The van der Waals surface area contributed by atoms with Crippen LogP contribution < -0.4 is 5.56 Å². The van der Waals surface area contributed by atoms with Gasteiger partial charge in [0.05, 0.1) is 10.3 Å². The first-order chi connectivity index (χ1) is 13.6. The van der Waals surface area contributed by atoms with E-state index in [4.69, 9.17) is 4.98 Å². The number of carbonyl (C=O) groups is 1. The molecule has 1 amide bonds. The molecule has 0 N–H and O–H groups in total. The fourth-order valence-corrected chi connectivity index (χ4v) is 5.58. The number of nitrogens with zero attached hydrogens (tertiary/aromatic N) is 3. The number of aryl methyl sites for hydroxylation is 2. The predicted octanol–water partition coefficient (Wildman–Crippen LogP) is 3.69. The maximum atomic E-state index is 13.3. The minimum atomic E-state index is 0.0228. The standard InChI is InChI=1S/C22H23N3O2S/c1-14-18-20(23-17-9-3-2-6-11-25(17)21(18)26)28-19(14)22(27)24-12-10-15-7-4-5-8-16(15)13-24/h4-5,7-8H,2-3,6,9-13H2,1H3. The van der Waals surface area contributed by atoms with Crippen LogP contribution in [0.4, 0.5) is 0 Å². The van der Waals surface area contributed by atoms with Crippen LogP contribution in [0.5, 0.6) is 0 Å². The highest BCUT2D eigenvalue weighted by Gasteiger charge is 2.27. The van der Waals surface area contributed by atoms with E-state index in [9.17, 15) is 9.59 Å². The second kappa shape index (κ2) is 6.85. The molecule has 0 atom stereocenters. The molecule has 0 bridgehead atoms. The summed E-state index contributed by atoms with van der Waals surface area (Å²) in [6.07, 6.45) is 4.94. The molecule has 0 saturated carbocycles. The van der Waals surface area contributed by atoms with E-state index in [0.29, 0.717) is 23.4 Å². The summed E-state index contributed by atoms with van der Waals surface area (Å²) in [6, 6.07) is 8.31. The number of rotatable bonds is 1. The van der Waals surface area contributed by atoms with Crippen LogP contribution in [-0.4, -0.2) is 26.9 Å². The van der Waals surface area contributed by atoms with Gasteiger partial charge in [-0.3, -0.25) is 14.2 Å². The monoisotopic (exact) mass is 393 g/mol. The Morgan fingerprint density at radius 1 is 1.07 bits per heavy atom. The van der Waals surface area contributed by atoms with Crippen LogP contribution in [0.3, 0.4) is 0 Å². The van der Waals surface area contributed by atoms with Crippen molar-refractivity contribution in [1.29, 1.82) is 0 Å². The molecule has 144 valence electrons. The van der Waals surface area contributed by atoms with Gasteiger partial charge in [0.1, 0.15) is 10.7 Å². The van der Waals surface area contributed by atoms with Gasteiger partial charge in [0.15, 0.2) is 0 Å². The zero-order valence-corrected chi connectivity index (χ0v) is 16.8. The Labute approximate surface area is 167 Å². The first-order valence-electron chi connectivity index (χ1n) is 10.0. The lowest BCUT2D eigenvalue weighted by Gasteiger charge is -2.28. The zero-order chi connectivity index (χ0) is 19.3. The van der Waals surface area contributed by atoms with Gasteiger partial charge in [0.2, 0.25) is 0 Å². The van der Waals surface area contributed by atoms with Crippen LogP contribution >= 0.6 is 11.3 Å². The number of carbonyl (C=O) groups excluding carboxylic acids is 1. The summed E-state index contributed by atoms with van der Waals surface area (Å²) < 4.78 is 1.83. The van der Waals surface area contributed by atoms with Crippen molar-refractivity contribution >= 4 is 27.5 Å². The lowest BCUT2D eigenvalue weighted by Crippen LogP contribution is -2.35. The second-order valence-electron chi connectivity index (χ2n) is 7.78. The molecule has 0 radical (unpaired) electrons. The van der Waals surface area contributed by atoms with E-state index in [2.05, 4.69) is 18.2 Å². The lowest BCUT2D eigenvalue weighted by atomic mass is 9.99. The van der Waals surface area contributed by atoms with Crippen LogP contribution in [0.25, 0.3) is 10.2 Å². The van der Waals surface area contributed by atoms with Gasteiger partial charge < -0.3 is 4.90 Å². The van der Waals surface area contributed by atoms with Crippen LogP contribution in [-0.2, 0) is 25.9 Å². The first kappa shape index (κ1) is 17.6. The van der Waals surface area contributed by atoms with Crippen molar-refractivity contribution < 1.29 is 4.79 Å². The van der Waals surface area contributed by atoms with Gasteiger partial charge >= 0.3 is 0 Å². The zero-order valence-electron chi connectivity index (χ0n) is 16.0. The van der Waals surface area contributed by atoms with E-state index in [0.717, 1.165) is 54.9 Å². The van der Waals surface area contributed by atoms with Crippen molar-refractivity contribution in [3.8, 4) is 0 Å². The minimum absolute atomic E-state index is 0.0228. The third-order valence-electron chi connectivity index (χ3n) is 6.02. The molecule has 3 aromatic rings. The SMILES string of the molecule is Cc1c(C(=O)N2CCc3ccccc3C2)sc2nc3n(c(=O)c12)CCCCC3. The molecular formula is C22H23N3O2S. The molecule has 6 heteroatoms. The van der Waals surface area contributed by atoms with Gasteiger partial charge in [-0.1, -0.05) is 30.7 Å². The van der Waals surface area contributed by atoms with Crippen molar-refractivity contribution in [3.63, 3.8) is 0 Å². The van der Waals surface area contributed by atoms with E-state index in [1.54, 1.807) is 0 Å². The first-order valence-corrected chi connectivity index (χ1v) is 10.8. The van der Waals surface area contributed by atoms with E-state index in [1.807, 2.05) is 22.5 Å². The smallest absolute Gasteiger partial charge is 0.264 e. The molecule has 1 aromatic carbocycles. The number of fused-ring (bicyclic) bond motifs is 3. The summed E-state index contributed by atoms with van der Waals surface area (Å²) in [7, 11) is 0. The molecule has 0 aliphatic carbocycles. The van der Waals surface area contributed by atoms with Gasteiger partial charge in [0.25, 0.3) is 11.5 Å². The van der Waals surface area contributed by atoms with Crippen LogP contribution in [0.1, 0.15) is 51.4 Å². The highest BCUT2D eigenvalue weighted by Crippen LogP contribution is 2.31. The number of thiophene rings is 1. The summed E-state index contributed by atoms with van der Waals surface area (Å²) in [5.41, 5.74) is 3.36. The molecule has 28 heavy (non-hydrogen) atoms. The van der Waals surface area contributed by atoms with E-state index in [-0.39, 0.29) is 11.5 Å². The Kier molecular flexibility index (Phi) is 4.31. The van der Waals surface area contributed by atoms with Crippen LogP contribution in [0.2, 0.25) is 0 Å². The van der Waals surface area contributed by atoms with Gasteiger partial charge in [-0.05, 0) is 42.9 Å². The number of amides is 1. The van der Waals surface area contributed by atoms with Crippen molar-refractivity contribution in [2.24, 2.45) is 0 Å². The predicted molar refractivity (Wildman–Crippen MR) is 111 cm³/mol. The summed E-state index contributed by atoms with van der Waals surface area (Å²) in [4.78, 5) is 34.5. The third kappa shape index (κ3) is 2.78. The summed E-state index contributed by atoms with van der Waals surface area (Å²) in [5.74, 6) is 0.900. The van der Waals surface area contributed by atoms with Crippen molar-refractivity contribution in [2.75, 3.05) is 6.54 Å². The van der Waals surface area contributed by atoms with Crippen LogP contribution in [0, 0.1) is 6.92 Å².